The third-order valence-electron chi connectivity index (χ3n) is 4.62. The Balaban J connectivity index is 2.00. The minimum absolute atomic E-state index is 0.0523. The van der Waals surface area contributed by atoms with E-state index in [1.807, 2.05) is 49.4 Å². The highest BCUT2D eigenvalue weighted by Crippen LogP contribution is 2.30. The number of methoxy groups -OCH3 is 1. The monoisotopic (exact) mass is 370 g/mol. The van der Waals surface area contributed by atoms with Crippen molar-refractivity contribution in [3.05, 3.63) is 53.6 Å². The standard InChI is InChI=1S/C22H30N2O3/c1-5-24(6-2)13-14-27-21-16-19(11-12-20(21)26-4)23-22(25)15-18-10-8-7-9-17(18)3/h7-12,16H,5-6,13-15H2,1-4H3,(H,23,25). The lowest BCUT2D eigenvalue weighted by Crippen LogP contribution is -2.28. The van der Waals surface area contributed by atoms with E-state index in [9.17, 15) is 4.79 Å². The molecule has 27 heavy (non-hydrogen) atoms. The first kappa shape index (κ1) is 20.8. The summed E-state index contributed by atoms with van der Waals surface area (Å²) in [6, 6.07) is 13.4. The smallest absolute Gasteiger partial charge is 0.228 e. The van der Waals surface area contributed by atoms with Gasteiger partial charge in [0.25, 0.3) is 0 Å². The molecule has 2 aromatic rings. The van der Waals surface area contributed by atoms with Crippen LogP contribution < -0.4 is 14.8 Å². The van der Waals surface area contributed by atoms with Crippen molar-refractivity contribution in [3.63, 3.8) is 0 Å². The molecule has 0 bridgehead atoms. The summed E-state index contributed by atoms with van der Waals surface area (Å²) in [5, 5.41) is 2.95. The van der Waals surface area contributed by atoms with Crippen LogP contribution in [0.2, 0.25) is 0 Å². The average molecular weight is 370 g/mol. The molecule has 0 aromatic heterocycles. The van der Waals surface area contributed by atoms with Crippen LogP contribution in [0.5, 0.6) is 11.5 Å². The summed E-state index contributed by atoms with van der Waals surface area (Å²) in [5.41, 5.74) is 2.84. The summed E-state index contributed by atoms with van der Waals surface area (Å²) in [6.07, 6.45) is 0.344. The van der Waals surface area contributed by atoms with Gasteiger partial charge in [-0.3, -0.25) is 4.79 Å². The van der Waals surface area contributed by atoms with Crippen LogP contribution in [0, 0.1) is 6.92 Å². The highest BCUT2D eigenvalue weighted by atomic mass is 16.5. The van der Waals surface area contributed by atoms with Gasteiger partial charge in [0.15, 0.2) is 11.5 Å². The molecule has 1 amide bonds. The Morgan fingerprint density at radius 3 is 2.48 bits per heavy atom. The van der Waals surface area contributed by atoms with Gasteiger partial charge in [-0.05, 0) is 43.3 Å². The number of anilines is 1. The molecule has 0 atom stereocenters. The largest absolute Gasteiger partial charge is 0.493 e. The summed E-state index contributed by atoms with van der Waals surface area (Å²) in [6.45, 7) is 9.68. The topological polar surface area (TPSA) is 50.8 Å². The van der Waals surface area contributed by atoms with E-state index in [-0.39, 0.29) is 5.91 Å². The van der Waals surface area contributed by atoms with Crippen LogP contribution in [0.4, 0.5) is 5.69 Å². The Hall–Kier alpha value is -2.53. The Morgan fingerprint density at radius 1 is 1.07 bits per heavy atom. The molecule has 5 heteroatoms. The van der Waals surface area contributed by atoms with Crippen molar-refractivity contribution in [1.29, 1.82) is 0 Å². The molecule has 0 aliphatic carbocycles. The van der Waals surface area contributed by atoms with Crippen LogP contribution in [0.15, 0.2) is 42.5 Å². The van der Waals surface area contributed by atoms with Gasteiger partial charge in [0.05, 0.1) is 13.5 Å². The van der Waals surface area contributed by atoms with E-state index in [2.05, 4.69) is 24.1 Å². The second-order valence-corrected chi connectivity index (χ2v) is 6.39. The third-order valence-corrected chi connectivity index (χ3v) is 4.62. The van der Waals surface area contributed by atoms with Crippen LogP contribution in [-0.2, 0) is 11.2 Å². The molecule has 146 valence electrons. The number of ether oxygens (including phenoxy) is 2. The fraction of sp³-hybridized carbons (Fsp3) is 0.409. The Kier molecular flexibility index (Phi) is 8.14. The lowest BCUT2D eigenvalue weighted by molar-refractivity contribution is -0.115. The number of carbonyl (C=O) groups is 1. The summed E-state index contributed by atoms with van der Waals surface area (Å²) in [7, 11) is 1.61. The molecule has 0 fully saturated rings. The highest BCUT2D eigenvalue weighted by molar-refractivity contribution is 5.92. The number of hydrogen-bond acceptors (Lipinski definition) is 4. The summed E-state index contributed by atoms with van der Waals surface area (Å²) in [4.78, 5) is 14.7. The molecule has 0 spiro atoms. The molecular formula is C22H30N2O3. The van der Waals surface area contributed by atoms with Gasteiger partial charge in [-0.2, -0.15) is 0 Å². The molecular weight excluding hydrogens is 340 g/mol. The Labute approximate surface area is 162 Å². The quantitative estimate of drug-likeness (QED) is 0.689. The van der Waals surface area contributed by atoms with E-state index in [1.54, 1.807) is 7.11 Å². The molecule has 1 N–H and O–H groups in total. The van der Waals surface area contributed by atoms with Gasteiger partial charge >= 0.3 is 0 Å². The number of nitrogens with zero attached hydrogens (tertiary/aromatic N) is 1. The number of carbonyl (C=O) groups excluding carboxylic acids is 1. The Bertz CT molecular complexity index is 742. The van der Waals surface area contributed by atoms with Crippen molar-refractivity contribution in [2.75, 3.05) is 38.7 Å². The van der Waals surface area contributed by atoms with E-state index in [0.29, 0.717) is 30.2 Å². The second kappa shape index (κ2) is 10.6. The maximum Gasteiger partial charge on any atom is 0.228 e. The average Bonchev–Trinajstić information content (AvgIpc) is 2.67. The summed E-state index contributed by atoms with van der Waals surface area (Å²) < 4.78 is 11.3. The zero-order valence-electron chi connectivity index (χ0n) is 16.7. The van der Waals surface area contributed by atoms with Crippen molar-refractivity contribution >= 4 is 11.6 Å². The van der Waals surface area contributed by atoms with E-state index in [1.165, 1.54) is 0 Å². The molecule has 0 aliphatic heterocycles. The molecule has 0 saturated carbocycles. The first-order valence-corrected chi connectivity index (χ1v) is 9.44. The fourth-order valence-corrected chi connectivity index (χ4v) is 2.88. The molecule has 0 saturated heterocycles. The highest BCUT2D eigenvalue weighted by Gasteiger charge is 2.10. The minimum atomic E-state index is -0.0523. The van der Waals surface area contributed by atoms with Crippen molar-refractivity contribution in [2.45, 2.75) is 27.2 Å². The third kappa shape index (κ3) is 6.29. The lowest BCUT2D eigenvalue weighted by Gasteiger charge is -2.19. The number of nitrogens with one attached hydrogen (secondary N) is 1. The fourth-order valence-electron chi connectivity index (χ4n) is 2.88. The second-order valence-electron chi connectivity index (χ2n) is 6.39. The first-order chi connectivity index (χ1) is 13.1. The minimum Gasteiger partial charge on any atom is -0.493 e. The van der Waals surface area contributed by atoms with Gasteiger partial charge in [0.2, 0.25) is 5.91 Å². The molecule has 0 heterocycles. The van der Waals surface area contributed by atoms with Crippen LogP contribution >= 0.6 is 0 Å². The van der Waals surface area contributed by atoms with Crippen LogP contribution in [0.3, 0.4) is 0 Å². The van der Waals surface area contributed by atoms with E-state index >= 15 is 0 Å². The number of hydrogen-bond donors (Lipinski definition) is 1. The maximum atomic E-state index is 12.4. The number of rotatable bonds is 10. The van der Waals surface area contributed by atoms with E-state index in [4.69, 9.17) is 9.47 Å². The van der Waals surface area contributed by atoms with Gasteiger partial charge in [-0.25, -0.2) is 0 Å². The predicted molar refractivity (Wildman–Crippen MR) is 110 cm³/mol. The number of benzene rings is 2. The molecule has 2 aromatic carbocycles. The SMILES string of the molecule is CCN(CC)CCOc1cc(NC(=O)Cc2ccccc2C)ccc1OC. The zero-order valence-corrected chi connectivity index (χ0v) is 16.7. The molecule has 0 radical (unpaired) electrons. The predicted octanol–water partition coefficient (Wildman–Crippen LogP) is 3.91. The number of likely N-dealkylation sites (N-methyl/N-ethyl adjacent to an activating group) is 1. The van der Waals surface area contributed by atoms with Crippen molar-refractivity contribution in [2.24, 2.45) is 0 Å². The molecule has 0 unspecified atom stereocenters. The normalized spacial score (nSPS) is 10.7. The van der Waals surface area contributed by atoms with E-state index < -0.39 is 0 Å². The lowest BCUT2D eigenvalue weighted by atomic mass is 10.1. The van der Waals surface area contributed by atoms with Crippen LogP contribution in [0.1, 0.15) is 25.0 Å². The number of amides is 1. The molecule has 0 aliphatic rings. The Morgan fingerprint density at radius 2 is 1.81 bits per heavy atom. The van der Waals surface area contributed by atoms with Crippen LogP contribution in [0.25, 0.3) is 0 Å². The molecule has 5 nitrogen and oxygen atoms in total. The molecule has 2 rings (SSSR count). The maximum absolute atomic E-state index is 12.4. The van der Waals surface area contributed by atoms with Gasteiger partial charge in [-0.15, -0.1) is 0 Å². The van der Waals surface area contributed by atoms with Crippen molar-refractivity contribution in [3.8, 4) is 11.5 Å². The van der Waals surface area contributed by atoms with Gasteiger partial charge < -0.3 is 19.7 Å². The zero-order chi connectivity index (χ0) is 19.6. The number of aryl methyl sites for hydroxylation is 1. The van der Waals surface area contributed by atoms with E-state index in [0.717, 1.165) is 30.8 Å². The first-order valence-electron chi connectivity index (χ1n) is 9.44. The summed E-state index contributed by atoms with van der Waals surface area (Å²) in [5.74, 6) is 1.24. The van der Waals surface area contributed by atoms with Gasteiger partial charge in [0, 0.05) is 18.3 Å². The van der Waals surface area contributed by atoms with Gasteiger partial charge in [-0.1, -0.05) is 38.1 Å². The van der Waals surface area contributed by atoms with Crippen molar-refractivity contribution in [1.82, 2.24) is 4.90 Å². The van der Waals surface area contributed by atoms with Gasteiger partial charge in [0.1, 0.15) is 6.61 Å². The summed E-state index contributed by atoms with van der Waals surface area (Å²) >= 11 is 0. The van der Waals surface area contributed by atoms with Crippen molar-refractivity contribution < 1.29 is 14.3 Å². The van der Waals surface area contributed by atoms with Crippen LogP contribution in [-0.4, -0.2) is 44.2 Å².